The lowest BCUT2D eigenvalue weighted by Crippen LogP contribution is -2.31. The van der Waals surface area contributed by atoms with Gasteiger partial charge in [0.2, 0.25) is 0 Å². The molecule has 0 aromatic heterocycles. The number of hydrogen-bond acceptors (Lipinski definition) is 2. The minimum atomic E-state index is -0.0619. The number of rotatable bonds is 2. The van der Waals surface area contributed by atoms with E-state index in [0.29, 0.717) is 5.92 Å². The number of para-hydroxylation sites is 1. The van der Waals surface area contributed by atoms with Gasteiger partial charge in [-0.1, -0.05) is 60.1 Å². The van der Waals surface area contributed by atoms with Crippen molar-refractivity contribution in [1.29, 1.82) is 0 Å². The molecule has 0 amide bonds. The average Bonchev–Trinajstić information content (AvgIpc) is 2.58. The third-order valence-electron chi connectivity index (χ3n) is 3.31. The van der Waals surface area contributed by atoms with Crippen LogP contribution in [0.4, 0.5) is 10.1 Å². The summed E-state index contributed by atoms with van der Waals surface area (Å²) in [7, 11) is 0. The van der Waals surface area contributed by atoms with Crippen LogP contribution in [0.25, 0.3) is 0 Å². The Bertz CT molecular complexity index is 385. The Kier molecular flexibility index (Phi) is 17.6. The molecule has 1 aromatic carbocycles. The summed E-state index contributed by atoms with van der Waals surface area (Å²) in [5, 5.41) is 7.57. The van der Waals surface area contributed by atoms with Crippen molar-refractivity contribution in [2.75, 3.05) is 24.6 Å². The van der Waals surface area contributed by atoms with Crippen molar-refractivity contribution in [3.63, 3.8) is 0 Å². The van der Waals surface area contributed by atoms with Crippen molar-refractivity contribution in [3.8, 4) is 0 Å². The van der Waals surface area contributed by atoms with E-state index in [1.54, 1.807) is 13.0 Å². The molecule has 1 saturated heterocycles. The standard InChI is InChI=1S/C14H20FN.C3H8.C2H6O.C2H6/c1-11(2)12-7-6-8-13(15)14(12)16-9-4-3-5-10-16;1-3-2;1-2-3;1-2/h6-8,11H,3-5,9-10H2,1-2H3;3H2,1-2H3;3H,2H2,1H3;1-2H3. The van der Waals surface area contributed by atoms with E-state index in [2.05, 4.69) is 38.7 Å². The van der Waals surface area contributed by atoms with Crippen LogP contribution >= 0.6 is 0 Å². The Balaban J connectivity index is 0. The monoisotopic (exact) mass is 341 g/mol. The maximum Gasteiger partial charge on any atom is 0.146 e. The normalized spacial score (nSPS) is 13.0. The van der Waals surface area contributed by atoms with Gasteiger partial charge in [0.25, 0.3) is 0 Å². The van der Waals surface area contributed by atoms with Gasteiger partial charge >= 0.3 is 0 Å². The molecule has 142 valence electrons. The number of nitrogens with zero attached hydrogens (tertiary/aromatic N) is 1. The zero-order valence-electron chi connectivity index (χ0n) is 17.0. The molecule has 1 aromatic rings. The molecule has 0 unspecified atom stereocenters. The van der Waals surface area contributed by atoms with Crippen LogP contribution in [0.15, 0.2) is 18.2 Å². The van der Waals surface area contributed by atoms with Crippen LogP contribution < -0.4 is 4.90 Å². The van der Waals surface area contributed by atoms with E-state index >= 15 is 0 Å². The van der Waals surface area contributed by atoms with Crippen LogP contribution in [0, 0.1) is 5.82 Å². The van der Waals surface area contributed by atoms with Gasteiger partial charge in [-0.15, -0.1) is 0 Å². The zero-order valence-corrected chi connectivity index (χ0v) is 17.0. The fraction of sp³-hybridized carbons (Fsp3) is 0.714. The molecular formula is C21H40FNO. The predicted molar refractivity (Wildman–Crippen MR) is 107 cm³/mol. The van der Waals surface area contributed by atoms with E-state index < -0.39 is 0 Å². The Labute approximate surface area is 150 Å². The van der Waals surface area contributed by atoms with Gasteiger partial charge < -0.3 is 10.0 Å². The Morgan fingerprint density at radius 2 is 1.50 bits per heavy atom. The molecule has 1 fully saturated rings. The van der Waals surface area contributed by atoms with Gasteiger partial charge in [-0.3, -0.25) is 0 Å². The molecule has 1 aliphatic rings. The summed E-state index contributed by atoms with van der Waals surface area (Å²) in [6.07, 6.45) is 4.90. The number of anilines is 1. The van der Waals surface area contributed by atoms with Crippen molar-refractivity contribution in [3.05, 3.63) is 29.6 Å². The maximum absolute atomic E-state index is 14.0. The van der Waals surface area contributed by atoms with E-state index in [1.165, 1.54) is 25.7 Å². The SMILES string of the molecule is CC.CC(C)c1cccc(F)c1N1CCCCC1.CCC.CCO. The van der Waals surface area contributed by atoms with Gasteiger partial charge in [0.05, 0.1) is 5.69 Å². The summed E-state index contributed by atoms with van der Waals surface area (Å²) >= 11 is 0. The first-order valence-corrected chi connectivity index (χ1v) is 9.67. The lowest BCUT2D eigenvalue weighted by Gasteiger charge is -2.31. The van der Waals surface area contributed by atoms with Crippen LogP contribution in [0.3, 0.4) is 0 Å². The summed E-state index contributed by atoms with van der Waals surface area (Å²) in [6, 6.07) is 5.45. The summed E-state index contributed by atoms with van der Waals surface area (Å²) in [6.45, 7) is 16.4. The highest BCUT2D eigenvalue weighted by molar-refractivity contribution is 5.56. The van der Waals surface area contributed by atoms with Crippen LogP contribution in [-0.4, -0.2) is 24.8 Å². The van der Waals surface area contributed by atoms with Crippen molar-refractivity contribution in [1.82, 2.24) is 0 Å². The largest absolute Gasteiger partial charge is 0.397 e. The second-order valence-electron chi connectivity index (χ2n) is 5.90. The van der Waals surface area contributed by atoms with E-state index in [4.69, 9.17) is 5.11 Å². The predicted octanol–water partition coefficient (Wildman–Crippen LogP) is 6.38. The minimum Gasteiger partial charge on any atom is -0.397 e. The van der Waals surface area contributed by atoms with Crippen LogP contribution in [0.2, 0.25) is 0 Å². The van der Waals surface area contributed by atoms with Gasteiger partial charge in [-0.05, 0) is 43.7 Å². The van der Waals surface area contributed by atoms with Crippen LogP contribution in [0.5, 0.6) is 0 Å². The Morgan fingerprint density at radius 3 is 1.92 bits per heavy atom. The molecule has 2 nitrogen and oxygen atoms in total. The number of hydrogen-bond donors (Lipinski definition) is 1. The van der Waals surface area contributed by atoms with Gasteiger partial charge in [0, 0.05) is 19.7 Å². The molecular weight excluding hydrogens is 301 g/mol. The maximum atomic E-state index is 14.0. The van der Waals surface area contributed by atoms with Crippen molar-refractivity contribution in [2.24, 2.45) is 0 Å². The summed E-state index contributed by atoms with van der Waals surface area (Å²) < 4.78 is 14.0. The topological polar surface area (TPSA) is 23.5 Å². The minimum absolute atomic E-state index is 0.0619. The molecule has 24 heavy (non-hydrogen) atoms. The summed E-state index contributed by atoms with van der Waals surface area (Å²) in [5.41, 5.74) is 1.99. The molecule has 0 radical (unpaired) electrons. The Hall–Kier alpha value is -1.09. The van der Waals surface area contributed by atoms with Gasteiger partial charge in [-0.25, -0.2) is 4.39 Å². The van der Waals surface area contributed by atoms with Gasteiger partial charge in [0.15, 0.2) is 0 Å². The number of aliphatic hydroxyl groups is 1. The number of benzene rings is 1. The highest BCUT2D eigenvalue weighted by atomic mass is 19.1. The zero-order chi connectivity index (χ0) is 19.0. The number of halogens is 1. The summed E-state index contributed by atoms with van der Waals surface area (Å²) in [5.74, 6) is 0.320. The number of piperidine rings is 1. The molecule has 0 bridgehead atoms. The van der Waals surface area contributed by atoms with Crippen molar-refractivity contribution in [2.45, 2.75) is 80.1 Å². The third-order valence-corrected chi connectivity index (χ3v) is 3.31. The summed E-state index contributed by atoms with van der Waals surface area (Å²) in [4.78, 5) is 2.22. The Morgan fingerprint density at radius 1 is 1.04 bits per heavy atom. The van der Waals surface area contributed by atoms with Crippen LogP contribution in [-0.2, 0) is 0 Å². The lowest BCUT2D eigenvalue weighted by molar-refractivity contribution is 0.318. The third kappa shape index (κ3) is 9.92. The van der Waals surface area contributed by atoms with Gasteiger partial charge in [0.1, 0.15) is 5.82 Å². The fourth-order valence-corrected chi connectivity index (χ4v) is 2.45. The molecule has 0 atom stereocenters. The quantitative estimate of drug-likeness (QED) is 0.674. The molecule has 1 N–H and O–H groups in total. The first-order valence-electron chi connectivity index (χ1n) is 9.67. The second-order valence-corrected chi connectivity index (χ2v) is 5.90. The smallest absolute Gasteiger partial charge is 0.146 e. The second kappa shape index (κ2) is 16.8. The molecule has 1 aliphatic heterocycles. The molecule has 3 heteroatoms. The molecule has 0 aliphatic carbocycles. The molecule has 0 spiro atoms. The highest BCUT2D eigenvalue weighted by Gasteiger charge is 2.19. The molecule has 2 rings (SSSR count). The highest BCUT2D eigenvalue weighted by Crippen LogP contribution is 2.31. The van der Waals surface area contributed by atoms with E-state index in [0.717, 1.165) is 24.3 Å². The van der Waals surface area contributed by atoms with E-state index in [-0.39, 0.29) is 12.4 Å². The molecule has 1 heterocycles. The average molecular weight is 342 g/mol. The fourth-order valence-electron chi connectivity index (χ4n) is 2.45. The first-order chi connectivity index (χ1) is 11.5. The van der Waals surface area contributed by atoms with Gasteiger partial charge in [-0.2, -0.15) is 0 Å². The van der Waals surface area contributed by atoms with Crippen molar-refractivity contribution < 1.29 is 9.50 Å². The molecule has 0 saturated carbocycles. The first kappa shape index (κ1) is 25.2. The van der Waals surface area contributed by atoms with E-state index in [1.807, 2.05) is 19.9 Å². The van der Waals surface area contributed by atoms with Crippen molar-refractivity contribution >= 4 is 5.69 Å². The lowest BCUT2D eigenvalue weighted by atomic mass is 9.98. The van der Waals surface area contributed by atoms with Crippen LogP contribution in [0.1, 0.15) is 85.6 Å². The van der Waals surface area contributed by atoms with E-state index in [9.17, 15) is 4.39 Å². The number of aliphatic hydroxyl groups excluding tert-OH is 1.